The predicted octanol–water partition coefficient (Wildman–Crippen LogP) is 3.10. The van der Waals surface area contributed by atoms with E-state index in [0.29, 0.717) is 6.42 Å². The molecule has 0 spiro atoms. The molecule has 5 heteroatoms. The maximum absolute atomic E-state index is 10.3. The van der Waals surface area contributed by atoms with Crippen molar-refractivity contribution in [1.29, 1.82) is 0 Å². The van der Waals surface area contributed by atoms with Crippen LogP contribution in [0, 0.1) is 6.92 Å². The van der Waals surface area contributed by atoms with E-state index in [2.05, 4.69) is 27.5 Å². The Hall–Kier alpha value is -1.72. The number of fused-ring (bicyclic) bond motifs is 1. The summed E-state index contributed by atoms with van der Waals surface area (Å²) >= 11 is 1.56. The zero-order valence-corrected chi connectivity index (χ0v) is 12.4. The third-order valence-electron chi connectivity index (χ3n) is 3.40. The number of para-hydroxylation sites is 2. The van der Waals surface area contributed by atoms with Gasteiger partial charge in [-0.25, -0.2) is 9.97 Å². The number of aliphatic hydroxyl groups is 1. The van der Waals surface area contributed by atoms with E-state index >= 15 is 0 Å². The number of rotatable bonds is 4. The van der Waals surface area contributed by atoms with Crippen molar-refractivity contribution in [1.82, 2.24) is 14.5 Å². The Morgan fingerprint density at radius 1 is 1.30 bits per heavy atom. The molecule has 104 valence electrons. The van der Waals surface area contributed by atoms with Crippen LogP contribution in [0.25, 0.3) is 11.0 Å². The lowest BCUT2D eigenvalue weighted by Gasteiger charge is -2.09. The molecule has 0 saturated heterocycles. The highest BCUT2D eigenvalue weighted by atomic mass is 32.1. The van der Waals surface area contributed by atoms with Crippen LogP contribution in [0.3, 0.4) is 0 Å². The van der Waals surface area contributed by atoms with Crippen molar-refractivity contribution < 1.29 is 5.11 Å². The van der Waals surface area contributed by atoms with Crippen molar-refractivity contribution in [3.63, 3.8) is 0 Å². The van der Waals surface area contributed by atoms with Gasteiger partial charge in [0, 0.05) is 18.3 Å². The van der Waals surface area contributed by atoms with E-state index in [-0.39, 0.29) is 0 Å². The van der Waals surface area contributed by atoms with Gasteiger partial charge in [0.15, 0.2) is 0 Å². The average Bonchev–Trinajstić information content (AvgIpc) is 3.01. The van der Waals surface area contributed by atoms with Crippen LogP contribution in [0.5, 0.6) is 0 Å². The Bertz CT molecular complexity index is 732. The molecule has 2 heterocycles. The largest absolute Gasteiger partial charge is 0.386 e. The van der Waals surface area contributed by atoms with Gasteiger partial charge in [0.25, 0.3) is 0 Å². The number of imidazole rings is 1. The molecule has 1 N–H and O–H groups in total. The Labute approximate surface area is 121 Å². The number of benzene rings is 1. The van der Waals surface area contributed by atoms with E-state index in [1.807, 2.05) is 30.5 Å². The lowest BCUT2D eigenvalue weighted by Crippen LogP contribution is -2.08. The molecule has 3 aromatic rings. The van der Waals surface area contributed by atoms with Crippen molar-refractivity contribution in [3.8, 4) is 0 Å². The summed E-state index contributed by atoms with van der Waals surface area (Å²) in [5.74, 6) is 0.909. The van der Waals surface area contributed by atoms with Crippen LogP contribution in [0.1, 0.15) is 29.6 Å². The molecule has 0 fully saturated rings. The molecule has 2 aromatic heterocycles. The number of aliphatic hydroxyl groups excluding tert-OH is 1. The number of hydrogen-bond donors (Lipinski definition) is 1. The average molecular weight is 287 g/mol. The van der Waals surface area contributed by atoms with Gasteiger partial charge in [0.1, 0.15) is 11.9 Å². The highest BCUT2D eigenvalue weighted by molar-refractivity contribution is 7.09. The van der Waals surface area contributed by atoms with Gasteiger partial charge in [-0.15, -0.1) is 11.3 Å². The molecular formula is C15H17N3OS. The van der Waals surface area contributed by atoms with Gasteiger partial charge in [-0.05, 0) is 26.0 Å². The molecule has 4 nitrogen and oxygen atoms in total. The zero-order chi connectivity index (χ0) is 14.1. The topological polar surface area (TPSA) is 50.9 Å². The molecule has 3 rings (SSSR count). The second kappa shape index (κ2) is 5.34. The Balaban J connectivity index is 1.94. The van der Waals surface area contributed by atoms with E-state index in [9.17, 15) is 5.11 Å². The summed E-state index contributed by atoms with van der Waals surface area (Å²) in [6, 6.07) is 8.07. The Kier molecular flexibility index (Phi) is 3.54. The van der Waals surface area contributed by atoms with Crippen LogP contribution in [-0.2, 0) is 13.0 Å². The van der Waals surface area contributed by atoms with Gasteiger partial charge >= 0.3 is 0 Å². The lowest BCUT2D eigenvalue weighted by molar-refractivity contribution is 0.170. The van der Waals surface area contributed by atoms with E-state index < -0.39 is 6.10 Å². The molecule has 0 aliphatic rings. The normalized spacial score (nSPS) is 12.9. The second-order valence-corrected chi connectivity index (χ2v) is 5.83. The summed E-state index contributed by atoms with van der Waals surface area (Å²) < 4.78 is 2.15. The molecule has 0 saturated carbocycles. The lowest BCUT2D eigenvalue weighted by atomic mass is 10.2. The number of aryl methyl sites for hydroxylation is 2. The maximum atomic E-state index is 10.3. The Morgan fingerprint density at radius 2 is 2.10 bits per heavy atom. The smallest absolute Gasteiger partial charge is 0.112 e. The molecule has 0 radical (unpaired) electrons. The number of aromatic nitrogens is 3. The van der Waals surface area contributed by atoms with Crippen LogP contribution in [0.15, 0.2) is 29.6 Å². The first-order valence-electron chi connectivity index (χ1n) is 6.73. The molecule has 1 aromatic carbocycles. The summed E-state index contributed by atoms with van der Waals surface area (Å²) in [5, 5.41) is 13.2. The third kappa shape index (κ3) is 2.34. The fourth-order valence-electron chi connectivity index (χ4n) is 2.44. The van der Waals surface area contributed by atoms with Gasteiger partial charge in [-0.1, -0.05) is 12.1 Å². The monoisotopic (exact) mass is 287 g/mol. The van der Waals surface area contributed by atoms with Crippen molar-refractivity contribution in [3.05, 3.63) is 46.2 Å². The first-order chi connectivity index (χ1) is 9.69. The first kappa shape index (κ1) is 13.3. The summed E-state index contributed by atoms with van der Waals surface area (Å²) in [5.41, 5.74) is 2.83. The molecular weight excluding hydrogens is 270 g/mol. The van der Waals surface area contributed by atoms with Gasteiger partial charge < -0.3 is 9.67 Å². The molecule has 1 unspecified atom stereocenters. The summed E-state index contributed by atoms with van der Waals surface area (Å²) in [7, 11) is 0. The highest BCUT2D eigenvalue weighted by Gasteiger charge is 2.16. The molecule has 1 atom stereocenters. The SMILES string of the molecule is CCn1c(CC(O)c2csc(C)n2)nc2ccccc21. The van der Waals surface area contributed by atoms with Crippen molar-refractivity contribution >= 4 is 22.4 Å². The number of thiazole rings is 1. The quantitative estimate of drug-likeness (QED) is 0.802. The number of nitrogens with zero attached hydrogens (tertiary/aromatic N) is 3. The molecule has 0 amide bonds. The molecule has 0 aliphatic carbocycles. The van der Waals surface area contributed by atoms with Gasteiger partial charge in [0.2, 0.25) is 0 Å². The zero-order valence-electron chi connectivity index (χ0n) is 11.6. The van der Waals surface area contributed by atoms with Crippen LogP contribution < -0.4 is 0 Å². The van der Waals surface area contributed by atoms with E-state index in [1.165, 1.54) is 0 Å². The van der Waals surface area contributed by atoms with Gasteiger partial charge in [-0.3, -0.25) is 0 Å². The van der Waals surface area contributed by atoms with Crippen molar-refractivity contribution in [2.24, 2.45) is 0 Å². The second-order valence-electron chi connectivity index (χ2n) is 4.77. The van der Waals surface area contributed by atoms with E-state index in [1.54, 1.807) is 11.3 Å². The minimum atomic E-state index is -0.595. The fourth-order valence-corrected chi connectivity index (χ4v) is 3.10. The fraction of sp³-hybridized carbons (Fsp3) is 0.333. The van der Waals surface area contributed by atoms with Gasteiger partial charge in [-0.2, -0.15) is 0 Å². The summed E-state index contributed by atoms with van der Waals surface area (Å²) in [4.78, 5) is 8.98. The van der Waals surface area contributed by atoms with Crippen LogP contribution in [0.4, 0.5) is 0 Å². The van der Waals surface area contributed by atoms with Crippen molar-refractivity contribution in [2.45, 2.75) is 32.9 Å². The predicted molar refractivity (Wildman–Crippen MR) is 80.9 cm³/mol. The standard InChI is InChI=1S/C15H17N3OS/c1-3-18-13-7-5-4-6-11(13)17-15(18)8-14(19)12-9-20-10(2)16-12/h4-7,9,14,19H,3,8H2,1-2H3. The van der Waals surface area contributed by atoms with E-state index in [4.69, 9.17) is 0 Å². The minimum Gasteiger partial charge on any atom is -0.386 e. The summed E-state index contributed by atoms with van der Waals surface area (Å²) in [6.45, 7) is 4.89. The van der Waals surface area contributed by atoms with Crippen LogP contribution >= 0.6 is 11.3 Å². The minimum absolute atomic E-state index is 0.492. The molecule has 0 bridgehead atoms. The number of hydrogen-bond acceptors (Lipinski definition) is 4. The highest BCUT2D eigenvalue weighted by Crippen LogP contribution is 2.23. The third-order valence-corrected chi connectivity index (χ3v) is 4.20. The van der Waals surface area contributed by atoms with Crippen LogP contribution in [-0.4, -0.2) is 19.6 Å². The summed E-state index contributed by atoms with van der Waals surface area (Å²) in [6.07, 6.45) is -0.104. The first-order valence-corrected chi connectivity index (χ1v) is 7.61. The van der Waals surface area contributed by atoms with E-state index in [0.717, 1.165) is 34.1 Å². The molecule has 0 aliphatic heterocycles. The maximum Gasteiger partial charge on any atom is 0.112 e. The Morgan fingerprint density at radius 3 is 2.80 bits per heavy atom. The van der Waals surface area contributed by atoms with Gasteiger partial charge in [0.05, 0.1) is 21.7 Å². The van der Waals surface area contributed by atoms with Crippen molar-refractivity contribution in [2.75, 3.05) is 0 Å². The molecule has 20 heavy (non-hydrogen) atoms. The van der Waals surface area contributed by atoms with Crippen LogP contribution in [0.2, 0.25) is 0 Å².